The number of esters is 1. The van der Waals surface area contributed by atoms with Gasteiger partial charge in [-0.1, -0.05) is 0 Å². The van der Waals surface area contributed by atoms with E-state index in [4.69, 9.17) is 9.84 Å². The molecule has 1 heterocycles. The van der Waals surface area contributed by atoms with E-state index < -0.39 is 0 Å². The SMILES string of the molecule is CCOC(=O)CCC(=O)CN1CCC(CO)C1. The van der Waals surface area contributed by atoms with Gasteiger partial charge in [-0.05, 0) is 25.8 Å². The van der Waals surface area contributed by atoms with E-state index in [1.807, 2.05) is 4.90 Å². The highest BCUT2D eigenvalue weighted by Crippen LogP contribution is 2.15. The summed E-state index contributed by atoms with van der Waals surface area (Å²) in [4.78, 5) is 24.7. The summed E-state index contributed by atoms with van der Waals surface area (Å²) in [5.41, 5.74) is 0. The molecular weight excluding hydrogens is 222 g/mol. The maximum absolute atomic E-state index is 11.6. The molecule has 0 bridgehead atoms. The maximum Gasteiger partial charge on any atom is 0.306 e. The van der Waals surface area contributed by atoms with Crippen molar-refractivity contribution in [3.8, 4) is 0 Å². The molecule has 0 spiro atoms. The van der Waals surface area contributed by atoms with Crippen molar-refractivity contribution in [2.24, 2.45) is 5.92 Å². The van der Waals surface area contributed by atoms with Crippen LogP contribution in [0.5, 0.6) is 0 Å². The summed E-state index contributed by atoms with van der Waals surface area (Å²) < 4.78 is 4.76. The Hall–Kier alpha value is -0.940. The summed E-state index contributed by atoms with van der Waals surface area (Å²) in [5.74, 6) is 0.0556. The average molecular weight is 243 g/mol. The van der Waals surface area contributed by atoms with Gasteiger partial charge >= 0.3 is 5.97 Å². The summed E-state index contributed by atoms with van der Waals surface area (Å²) in [6.45, 7) is 4.32. The second kappa shape index (κ2) is 7.40. The zero-order valence-electron chi connectivity index (χ0n) is 10.4. The maximum atomic E-state index is 11.6. The van der Waals surface area contributed by atoms with Crippen LogP contribution in [0.15, 0.2) is 0 Å². The molecule has 0 aromatic heterocycles. The van der Waals surface area contributed by atoms with Crippen LogP contribution in [-0.2, 0) is 14.3 Å². The minimum absolute atomic E-state index is 0.0663. The third-order valence-corrected chi connectivity index (χ3v) is 2.94. The Morgan fingerprint density at radius 2 is 2.18 bits per heavy atom. The molecule has 1 aliphatic heterocycles. The lowest BCUT2D eigenvalue weighted by molar-refractivity contribution is -0.144. The number of ketones is 1. The lowest BCUT2D eigenvalue weighted by Crippen LogP contribution is -2.28. The number of ether oxygens (including phenoxy) is 1. The van der Waals surface area contributed by atoms with Crippen LogP contribution in [0.1, 0.15) is 26.2 Å². The van der Waals surface area contributed by atoms with Gasteiger partial charge in [0.05, 0.1) is 19.6 Å². The summed E-state index contributed by atoms with van der Waals surface area (Å²) in [6, 6.07) is 0. The van der Waals surface area contributed by atoms with Crippen molar-refractivity contribution in [1.29, 1.82) is 0 Å². The zero-order valence-corrected chi connectivity index (χ0v) is 10.4. The number of rotatable bonds is 7. The molecule has 0 aromatic carbocycles. The van der Waals surface area contributed by atoms with Crippen molar-refractivity contribution < 1.29 is 19.4 Å². The van der Waals surface area contributed by atoms with E-state index in [0.717, 1.165) is 19.5 Å². The average Bonchev–Trinajstić information content (AvgIpc) is 2.74. The predicted molar refractivity (Wildman–Crippen MR) is 62.5 cm³/mol. The van der Waals surface area contributed by atoms with Gasteiger partial charge in [-0.2, -0.15) is 0 Å². The van der Waals surface area contributed by atoms with E-state index in [2.05, 4.69) is 0 Å². The van der Waals surface area contributed by atoms with Crippen LogP contribution in [0.2, 0.25) is 0 Å². The third-order valence-electron chi connectivity index (χ3n) is 2.94. The second-order valence-electron chi connectivity index (χ2n) is 4.42. The number of hydrogen-bond donors (Lipinski definition) is 1. The topological polar surface area (TPSA) is 66.8 Å². The smallest absolute Gasteiger partial charge is 0.306 e. The first-order valence-corrected chi connectivity index (χ1v) is 6.16. The van der Waals surface area contributed by atoms with Crippen molar-refractivity contribution in [2.45, 2.75) is 26.2 Å². The number of aliphatic hydroxyl groups is 1. The number of carbonyl (C=O) groups is 2. The minimum atomic E-state index is -0.310. The fourth-order valence-electron chi connectivity index (χ4n) is 2.01. The molecule has 0 amide bonds. The van der Waals surface area contributed by atoms with Crippen molar-refractivity contribution in [3.63, 3.8) is 0 Å². The Labute approximate surface area is 102 Å². The van der Waals surface area contributed by atoms with E-state index in [1.165, 1.54) is 0 Å². The highest BCUT2D eigenvalue weighted by Gasteiger charge is 2.23. The standard InChI is InChI=1S/C12H21NO4/c1-2-17-12(16)4-3-11(15)8-13-6-5-10(7-13)9-14/h10,14H,2-9H2,1H3. The van der Waals surface area contributed by atoms with Gasteiger partial charge in [0.1, 0.15) is 5.78 Å². The Morgan fingerprint density at radius 3 is 2.76 bits per heavy atom. The van der Waals surface area contributed by atoms with Crippen LogP contribution in [-0.4, -0.2) is 54.6 Å². The third kappa shape index (κ3) is 5.28. The lowest BCUT2D eigenvalue weighted by atomic mass is 10.1. The molecule has 1 fully saturated rings. The number of aliphatic hydroxyl groups excluding tert-OH is 1. The molecule has 0 saturated carbocycles. The lowest BCUT2D eigenvalue weighted by Gasteiger charge is -2.14. The minimum Gasteiger partial charge on any atom is -0.466 e. The van der Waals surface area contributed by atoms with Gasteiger partial charge in [-0.25, -0.2) is 0 Å². The molecule has 1 N–H and O–H groups in total. The van der Waals surface area contributed by atoms with Gasteiger partial charge in [0.2, 0.25) is 0 Å². The van der Waals surface area contributed by atoms with Gasteiger partial charge in [-0.15, -0.1) is 0 Å². The highest BCUT2D eigenvalue weighted by molar-refractivity contribution is 5.84. The van der Waals surface area contributed by atoms with Crippen LogP contribution >= 0.6 is 0 Å². The van der Waals surface area contributed by atoms with E-state index >= 15 is 0 Å². The Balaban J connectivity index is 2.15. The van der Waals surface area contributed by atoms with Gasteiger partial charge in [0, 0.05) is 19.6 Å². The molecule has 1 rings (SSSR count). The summed E-state index contributed by atoms with van der Waals surface area (Å²) in [7, 11) is 0. The van der Waals surface area contributed by atoms with E-state index in [0.29, 0.717) is 19.1 Å². The normalized spacial score (nSPS) is 20.5. The van der Waals surface area contributed by atoms with E-state index in [1.54, 1.807) is 6.92 Å². The predicted octanol–water partition coefficient (Wildman–Crippen LogP) is 0.213. The van der Waals surface area contributed by atoms with E-state index in [-0.39, 0.29) is 31.2 Å². The van der Waals surface area contributed by atoms with Crippen molar-refractivity contribution in [3.05, 3.63) is 0 Å². The number of likely N-dealkylation sites (tertiary alicyclic amines) is 1. The number of Topliss-reactive ketones (excluding diaryl/α,β-unsaturated/α-hetero) is 1. The van der Waals surface area contributed by atoms with Crippen LogP contribution in [0.25, 0.3) is 0 Å². The fourth-order valence-corrected chi connectivity index (χ4v) is 2.01. The highest BCUT2D eigenvalue weighted by atomic mass is 16.5. The fraction of sp³-hybridized carbons (Fsp3) is 0.833. The van der Waals surface area contributed by atoms with Gasteiger partial charge in [0.15, 0.2) is 0 Å². The number of carbonyl (C=O) groups excluding carboxylic acids is 2. The summed E-state index contributed by atoms with van der Waals surface area (Å²) in [6.07, 6.45) is 1.37. The molecule has 98 valence electrons. The molecule has 1 atom stereocenters. The van der Waals surface area contributed by atoms with Crippen molar-refractivity contribution in [1.82, 2.24) is 4.90 Å². The Morgan fingerprint density at radius 1 is 1.41 bits per heavy atom. The first kappa shape index (κ1) is 14.1. The van der Waals surface area contributed by atoms with Crippen molar-refractivity contribution in [2.75, 3.05) is 32.8 Å². The molecule has 0 aromatic rings. The molecule has 0 aliphatic carbocycles. The molecule has 1 saturated heterocycles. The first-order chi connectivity index (χ1) is 8.15. The second-order valence-corrected chi connectivity index (χ2v) is 4.42. The van der Waals surface area contributed by atoms with Crippen LogP contribution in [0.4, 0.5) is 0 Å². The monoisotopic (exact) mass is 243 g/mol. The Kier molecular flexibility index (Phi) is 6.15. The van der Waals surface area contributed by atoms with Gasteiger partial charge in [0.25, 0.3) is 0 Å². The quantitative estimate of drug-likeness (QED) is 0.648. The zero-order chi connectivity index (χ0) is 12.7. The van der Waals surface area contributed by atoms with Crippen molar-refractivity contribution >= 4 is 11.8 Å². The van der Waals surface area contributed by atoms with E-state index in [9.17, 15) is 9.59 Å². The molecule has 1 unspecified atom stereocenters. The largest absolute Gasteiger partial charge is 0.466 e. The summed E-state index contributed by atoms with van der Waals surface area (Å²) >= 11 is 0. The molecule has 1 aliphatic rings. The van der Waals surface area contributed by atoms with Crippen LogP contribution < -0.4 is 0 Å². The summed E-state index contributed by atoms with van der Waals surface area (Å²) in [5, 5.41) is 8.98. The molecule has 17 heavy (non-hydrogen) atoms. The van der Waals surface area contributed by atoms with Gasteiger partial charge in [-0.3, -0.25) is 14.5 Å². The first-order valence-electron chi connectivity index (χ1n) is 6.16. The van der Waals surface area contributed by atoms with Crippen LogP contribution in [0, 0.1) is 5.92 Å². The molecule has 5 heteroatoms. The molecular formula is C12H21NO4. The molecule has 0 radical (unpaired) electrons. The Bertz CT molecular complexity index is 267. The van der Waals surface area contributed by atoms with Gasteiger partial charge < -0.3 is 9.84 Å². The number of nitrogens with zero attached hydrogens (tertiary/aromatic N) is 1. The molecule has 5 nitrogen and oxygen atoms in total. The van der Waals surface area contributed by atoms with Crippen LogP contribution in [0.3, 0.4) is 0 Å². The number of hydrogen-bond acceptors (Lipinski definition) is 5.